The predicted molar refractivity (Wildman–Crippen MR) is 63.1 cm³/mol. The van der Waals surface area contributed by atoms with Gasteiger partial charge in [0.1, 0.15) is 0 Å². The summed E-state index contributed by atoms with van der Waals surface area (Å²) in [7, 11) is 0. The van der Waals surface area contributed by atoms with E-state index in [2.05, 4.69) is 4.98 Å². The van der Waals surface area contributed by atoms with Gasteiger partial charge in [-0.25, -0.2) is 9.78 Å². The fraction of sp³-hybridized carbons (Fsp3) is 0.455. The molecule has 17 heavy (non-hydrogen) atoms. The van der Waals surface area contributed by atoms with E-state index < -0.39 is 5.97 Å². The van der Waals surface area contributed by atoms with E-state index in [1.807, 2.05) is 4.90 Å². The van der Waals surface area contributed by atoms with Crippen molar-refractivity contribution in [1.82, 2.24) is 4.98 Å². The monoisotopic (exact) mass is 237 g/mol. The molecular weight excluding hydrogens is 222 g/mol. The van der Waals surface area contributed by atoms with Crippen molar-refractivity contribution in [2.45, 2.75) is 18.9 Å². The number of hydrogen-bond acceptors (Lipinski definition) is 5. The molecule has 1 aromatic rings. The topological polar surface area (TPSA) is 99.7 Å². The second-order valence-electron chi connectivity index (χ2n) is 4.09. The van der Waals surface area contributed by atoms with Gasteiger partial charge >= 0.3 is 5.97 Å². The number of aromatic nitrogens is 1. The van der Waals surface area contributed by atoms with E-state index in [9.17, 15) is 9.90 Å². The SMILES string of the molecule is Nc1ccc(C(=O)O)nc1N1CCCC1CO. The number of anilines is 2. The summed E-state index contributed by atoms with van der Waals surface area (Å²) in [5.41, 5.74) is 6.22. The summed E-state index contributed by atoms with van der Waals surface area (Å²) in [6.07, 6.45) is 1.82. The summed E-state index contributed by atoms with van der Waals surface area (Å²) < 4.78 is 0. The fourth-order valence-corrected chi connectivity index (χ4v) is 2.11. The molecule has 0 aromatic carbocycles. The number of rotatable bonds is 3. The molecular formula is C11H15N3O3. The van der Waals surface area contributed by atoms with E-state index in [0.29, 0.717) is 11.5 Å². The second kappa shape index (κ2) is 4.58. The van der Waals surface area contributed by atoms with Gasteiger partial charge in [-0.05, 0) is 25.0 Å². The number of nitrogen functional groups attached to an aromatic ring is 1. The summed E-state index contributed by atoms with van der Waals surface area (Å²) in [4.78, 5) is 16.8. The van der Waals surface area contributed by atoms with Gasteiger partial charge in [-0.15, -0.1) is 0 Å². The average molecular weight is 237 g/mol. The number of aromatic carboxylic acids is 1. The fourth-order valence-electron chi connectivity index (χ4n) is 2.11. The molecule has 2 rings (SSSR count). The van der Waals surface area contributed by atoms with E-state index in [1.165, 1.54) is 6.07 Å². The van der Waals surface area contributed by atoms with Crippen molar-refractivity contribution in [2.24, 2.45) is 0 Å². The van der Waals surface area contributed by atoms with E-state index in [1.54, 1.807) is 6.07 Å². The lowest BCUT2D eigenvalue weighted by molar-refractivity contribution is 0.0690. The first kappa shape index (κ1) is 11.7. The normalized spacial score (nSPS) is 19.6. The molecule has 0 aliphatic carbocycles. The Labute approximate surface area is 98.7 Å². The molecule has 0 spiro atoms. The number of carboxylic acids is 1. The van der Waals surface area contributed by atoms with Crippen LogP contribution < -0.4 is 10.6 Å². The van der Waals surface area contributed by atoms with Gasteiger partial charge in [-0.3, -0.25) is 0 Å². The van der Waals surface area contributed by atoms with Gasteiger partial charge in [0.05, 0.1) is 18.3 Å². The number of hydrogen-bond donors (Lipinski definition) is 3. The van der Waals surface area contributed by atoms with Crippen molar-refractivity contribution in [2.75, 3.05) is 23.8 Å². The van der Waals surface area contributed by atoms with E-state index in [0.717, 1.165) is 19.4 Å². The first-order chi connectivity index (χ1) is 8.13. The standard InChI is InChI=1S/C11H15N3O3/c12-8-3-4-9(11(16)17)13-10(8)14-5-1-2-7(14)6-15/h3-4,7,15H,1-2,5-6,12H2,(H,16,17). The van der Waals surface area contributed by atoms with E-state index >= 15 is 0 Å². The zero-order valence-corrected chi connectivity index (χ0v) is 9.33. The molecule has 6 heteroatoms. The largest absolute Gasteiger partial charge is 0.477 e. The third kappa shape index (κ3) is 2.16. The van der Waals surface area contributed by atoms with Crippen LogP contribution in [0.25, 0.3) is 0 Å². The van der Waals surface area contributed by atoms with Crippen LogP contribution >= 0.6 is 0 Å². The van der Waals surface area contributed by atoms with Gasteiger partial charge in [-0.1, -0.05) is 0 Å². The van der Waals surface area contributed by atoms with Crippen LogP contribution in [0.3, 0.4) is 0 Å². The molecule has 1 aromatic heterocycles. The molecule has 1 aliphatic rings. The first-order valence-corrected chi connectivity index (χ1v) is 5.51. The maximum Gasteiger partial charge on any atom is 0.354 e. The Bertz CT molecular complexity index is 436. The van der Waals surface area contributed by atoms with Crippen molar-refractivity contribution in [1.29, 1.82) is 0 Å². The Morgan fingerprint density at radius 2 is 2.35 bits per heavy atom. The molecule has 4 N–H and O–H groups in total. The molecule has 2 heterocycles. The number of carboxylic acid groups (broad SMARTS) is 1. The van der Waals surface area contributed by atoms with Crippen molar-refractivity contribution < 1.29 is 15.0 Å². The van der Waals surface area contributed by atoms with Crippen molar-refractivity contribution >= 4 is 17.5 Å². The highest BCUT2D eigenvalue weighted by molar-refractivity contribution is 5.87. The molecule has 0 saturated carbocycles. The van der Waals surface area contributed by atoms with Gasteiger partial charge in [0, 0.05) is 6.54 Å². The zero-order chi connectivity index (χ0) is 12.4. The molecule has 0 bridgehead atoms. The Morgan fingerprint density at radius 1 is 1.59 bits per heavy atom. The third-order valence-corrected chi connectivity index (χ3v) is 2.98. The van der Waals surface area contributed by atoms with Crippen LogP contribution in [-0.4, -0.2) is 40.4 Å². The highest BCUT2D eigenvalue weighted by atomic mass is 16.4. The van der Waals surface area contributed by atoms with Crippen LogP contribution in [0.15, 0.2) is 12.1 Å². The first-order valence-electron chi connectivity index (χ1n) is 5.51. The highest BCUT2D eigenvalue weighted by Crippen LogP contribution is 2.28. The summed E-state index contributed by atoms with van der Waals surface area (Å²) in [6, 6.07) is 2.90. The minimum absolute atomic E-state index is 0.0196. The van der Waals surface area contributed by atoms with Gasteiger partial charge in [0.15, 0.2) is 11.5 Å². The van der Waals surface area contributed by atoms with Crippen LogP contribution in [0, 0.1) is 0 Å². The maximum atomic E-state index is 10.9. The van der Waals surface area contributed by atoms with Crippen molar-refractivity contribution in [3.8, 4) is 0 Å². The van der Waals surface area contributed by atoms with Crippen LogP contribution in [0.5, 0.6) is 0 Å². The Morgan fingerprint density at radius 3 is 3.00 bits per heavy atom. The smallest absolute Gasteiger partial charge is 0.354 e. The zero-order valence-electron chi connectivity index (χ0n) is 9.33. The summed E-state index contributed by atoms with van der Waals surface area (Å²) in [5.74, 6) is -0.618. The quantitative estimate of drug-likeness (QED) is 0.700. The minimum Gasteiger partial charge on any atom is -0.477 e. The lowest BCUT2D eigenvalue weighted by Crippen LogP contribution is -2.33. The molecule has 1 saturated heterocycles. The molecule has 0 amide bonds. The van der Waals surface area contributed by atoms with Gasteiger partial charge in [0.2, 0.25) is 0 Å². The van der Waals surface area contributed by atoms with Crippen molar-refractivity contribution in [3.05, 3.63) is 17.8 Å². The molecule has 92 valence electrons. The van der Waals surface area contributed by atoms with Crippen LogP contribution in [0.4, 0.5) is 11.5 Å². The lowest BCUT2D eigenvalue weighted by Gasteiger charge is -2.25. The Kier molecular flexibility index (Phi) is 3.14. The number of aliphatic hydroxyl groups is 1. The van der Waals surface area contributed by atoms with E-state index in [-0.39, 0.29) is 18.3 Å². The number of aliphatic hydroxyl groups excluding tert-OH is 1. The summed E-state index contributed by atoms with van der Waals surface area (Å²) in [5, 5.41) is 18.1. The van der Waals surface area contributed by atoms with Gasteiger partial charge < -0.3 is 20.8 Å². The molecule has 1 aliphatic heterocycles. The summed E-state index contributed by atoms with van der Waals surface area (Å²) in [6.45, 7) is 0.768. The molecule has 1 fully saturated rings. The molecule has 1 atom stereocenters. The molecule has 1 unspecified atom stereocenters. The lowest BCUT2D eigenvalue weighted by atomic mass is 10.2. The van der Waals surface area contributed by atoms with E-state index in [4.69, 9.17) is 10.8 Å². The van der Waals surface area contributed by atoms with Crippen LogP contribution in [-0.2, 0) is 0 Å². The van der Waals surface area contributed by atoms with Gasteiger partial charge in [0.25, 0.3) is 0 Å². The number of nitrogens with zero attached hydrogens (tertiary/aromatic N) is 2. The minimum atomic E-state index is -1.08. The van der Waals surface area contributed by atoms with Crippen molar-refractivity contribution in [3.63, 3.8) is 0 Å². The van der Waals surface area contributed by atoms with Crippen LogP contribution in [0.2, 0.25) is 0 Å². The molecule has 6 nitrogen and oxygen atoms in total. The molecule has 0 radical (unpaired) electrons. The average Bonchev–Trinajstić information content (AvgIpc) is 2.77. The predicted octanol–water partition coefficient (Wildman–Crippen LogP) is 0.323. The number of pyridine rings is 1. The Balaban J connectivity index is 2.36. The van der Waals surface area contributed by atoms with Crippen LogP contribution in [0.1, 0.15) is 23.3 Å². The number of nitrogens with two attached hydrogens (primary N) is 1. The Hall–Kier alpha value is -1.82. The highest BCUT2D eigenvalue weighted by Gasteiger charge is 2.27. The number of carbonyl (C=O) groups is 1. The third-order valence-electron chi connectivity index (χ3n) is 2.98. The van der Waals surface area contributed by atoms with Gasteiger partial charge in [-0.2, -0.15) is 0 Å². The second-order valence-corrected chi connectivity index (χ2v) is 4.09. The maximum absolute atomic E-state index is 10.9. The summed E-state index contributed by atoms with van der Waals surface area (Å²) >= 11 is 0.